The Labute approximate surface area is 132 Å². The van der Waals surface area contributed by atoms with Gasteiger partial charge in [0, 0.05) is 31.2 Å². The molecule has 2 rings (SSSR count). The van der Waals surface area contributed by atoms with E-state index in [-0.39, 0.29) is 10.7 Å². The lowest BCUT2D eigenvalue weighted by atomic mass is 10.4. The van der Waals surface area contributed by atoms with Gasteiger partial charge < -0.3 is 10.3 Å². The van der Waals surface area contributed by atoms with Crippen molar-refractivity contribution in [2.45, 2.75) is 31.3 Å². The fourth-order valence-corrected chi connectivity index (χ4v) is 3.52. The van der Waals surface area contributed by atoms with Crippen LogP contribution in [0.5, 0.6) is 0 Å². The first-order valence-electron chi connectivity index (χ1n) is 6.50. The van der Waals surface area contributed by atoms with Crippen molar-refractivity contribution >= 4 is 31.8 Å². The molecule has 0 spiro atoms. The molecular formula is C13H17BrN4O2S. The number of hydrogen-bond donors (Lipinski definition) is 2. The van der Waals surface area contributed by atoms with Crippen molar-refractivity contribution in [2.24, 2.45) is 5.73 Å². The summed E-state index contributed by atoms with van der Waals surface area (Å²) in [6.07, 6.45) is 4.03. The summed E-state index contributed by atoms with van der Waals surface area (Å²) >= 11 is 3.27. The number of hydrogen-bond acceptors (Lipinski definition) is 4. The van der Waals surface area contributed by atoms with Crippen LogP contribution in [0.15, 0.2) is 40.0 Å². The summed E-state index contributed by atoms with van der Waals surface area (Å²) in [4.78, 5) is 4.19. The van der Waals surface area contributed by atoms with Crippen molar-refractivity contribution < 1.29 is 8.42 Å². The van der Waals surface area contributed by atoms with E-state index in [1.165, 1.54) is 6.20 Å². The van der Waals surface area contributed by atoms with Crippen molar-refractivity contribution in [1.82, 2.24) is 9.55 Å². The minimum atomic E-state index is -3.68. The molecule has 6 nitrogen and oxygen atoms in total. The highest BCUT2D eigenvalue weighted by atomic mass is 79.9. The van der Waals surface area contributed by atoms with Crippen molar-refractivity contribution in [2.75, 3.05) is 4.72 Å². The molecule has 0 fully saturated rings. The number of anilines is 1. The fraction of sp³-hybridized carbons (Fsp3) is 0.308. The van der Waals surface area contributed by atoms with Crippen LogP contribution in [-0.2, 0) is 23.1 Å². The average Bonchev–Trinajstić information content (AvgIpc) is 2.86. The number of rotatable bonds is 6. The van der Waals surface area contributed by atoms with Gasteiger partial charge in [-0.25, -0.2) is 13.4 Å². The molecule has 2 aromatic heterocycles. The Morgan fingerprint density at radius 3 is 2.86 bits per heavy atom. The highest BCUT2D eigenvalue weighted by molar-refractivity contribution is 9.10. The van der Waals surface area contributed by atoms with E-state index in [1.54, 1.807) is 24.4 Å². The summed E-state index contributed by atoms with van der Waals surface area (Å²) in [5.41, 5.74) is 6.45. The molecule has 0 aliphatic heterocycles. The van der Waals surface area contributed by atoms with Crippen molar-refractivity contribution in [3.05, 3.63) is 40.8 Å². The van der Waals surface area contributed by atoms with Gasteiger partial charge in [0.05, 0.1) is 4.47 Å². The van der Waals surface area contributed by atoms with Crippen LogP contribution < -0.4 is 10.5 Å². The Balaban J connectivity index is 2.34. The zero-order valence-electron chi connectivity index (χ0n) is 11.6. The second kappa shape index (κ2) is 6.59. The summed E-state index contributed by atoms with van der Waals surface area (Å²) in [5.74, 6) is 0.259. The molecule has 0 aliphatic carbocycles. The lowest BCUT2D eigenvalue weighted by Crippen LogP contribution is -2.13. The van der Waals surface area contributed by atoms with Crippen LogP contribution in [0.1, 0.15) is 19.0 Å². The van der Waals surface area contributed by atoms with Crippen LogP contribution in [0.25, 0.3) is 0 Å². The maximum Gasteiger partial charge on any atom is 0.264 e. The van der Waals surface area contributed by atoms with Gasteiger partial charge in [0.1, 0.15) is 4.90 Å². The second-order valence-electron chi connectivity index (χ2n) is 4.50. The van der Waals surface area contributed by atoms with Gasteiger partial charge in [0.2, 0.25) is 0 Å². The molecule has 3 N–H and O–H groups in total. The topological polar surface area (TPSA) is 90.0 Å². The van der Waals surface area contributed by atoms with Gasteiger partial charge in [-0.05, 0) is 40.5 Å². The van der Waals surface area contributed by atoms with Crippen LogP contribution in [0, 0.1) is 0 Å². The molecule has 0 saturated carbocycles. The minimum Gasteiger partial charge on any atom is -0.349 e. The van der Waals surface area contributed by atoms with Gasteiger partial charge in [0.15, 0.2) is 5.82 Å². The zero-order chi connectivity index (χ0) is 15.5. The molecular weight excluding hydrogens is 356 g/mol. The largest absolute Gasteiger partial charge is 0.349 e. The van der Waals surface area contributed by atoms with E-state index in [0.717, 1.165) is 18.7 Å². The molecule has 0 atom stereocenters. The summed E-state index contributed by atoms with van der Waals surface area (Å²) in [5, 5.41) is 0. The Bertz CT molecular complexity index is 728. The van der Waals surface area contributed by atoms with Crippen molar-refractivity contribution in [3.63, 3.8) is 0 Å². The van der Waals surface area contributed by atoms with E-state index < -0.39 is 10.0 Å². The van der Waals surface area contributed by atoms with Gasteiger partial charge in [-0.3, -0.25) is 4.72 Å². The monoisotopic (exact) mass is 372 g/mol. The highest BCUT2D eigenvalue weighted by Crippen LogP contribution is 2.23. The normalized spacial score (nSPS) is 11.6. The van der Waals surface area contributed by atoms with Gasteiger partial charge in [-0.15, -0.1) is 0 Å². The number of halogens is 1. The first kappa shape index (κ1) is 16.0. The lowest BCUT2D eigenvalue weighted by Gasteiger charge is -2.07. The number of nitrogens with two attached hydrogens (primary N) is 1. The summed E-state index contributed by atoms with van der Waals surface area (Å²) in [6.45, 7) is 3.05. The summed E-state index contributed by atoms with van der Waals surface area (Å²) in [7, 11) is -3.68. The Morgan fingerprint density at radius 1 is 1.48 bits per heavy atom. The molecule has 0 amide bonds. The van der Waals surface area contributed by atoms with Crippen LogP contribution in [-0.4, -0.2) is 18.0 Å². The summed E-state index contributed by atoms with van der Waals surface area (Å²) in [6, 6.07) is 5.03. The fourth-order valence-electron chi connectivity index (χ4n) is 1.94. The molecule has 114 valence electrons. The third kappa shape index (κ3) is 3.63. The Morgan fingerprint density at radius 2 is 2.24 bits per heavy atom. The Kier molecular flexibility index (Phi) is 5.02. The number of sulfonamides is 1. The maximum atomic E-state index is 12.4. The average molecular weight is 373 g/mol. The minimum absolute atomic E-state index is 0.189. The molecule has 0 unspecified atom stereocenters. The van der Waals surface area contributed by atoms with Crippen LogP contribution in [0.2, 0.25) is 0 Å². The van der Waals surface area contributed by atoms with E-state index in [4.69, 9.17) is 5.73 Å². The predicted molar refractivity (Wildman–Crippen MR) is 85.4 cm³/mol. The number of pyridine rings is 1. The third-order valence-electron chi connectivity index (χ3n) is 2.93. The van der Waals surface area contributed by atoms with Crippen LogP contribution in [0.3, 0.4) is 0 Å². The molecule has 0 radical (unpaired) electrons. The van der Waals surface area contributed by atoms with Gasteiger partial charge in [-0.2, -0.15) is 0 Å². The quantitative estimate of drug-likeness (QED) is 0.813. The molecule has 2 heterocycles. The number of nitrogens with one attached hydrogen (secondary N) is 1. The zero-order valence-corrected chi connectivity index (χ0v) is 14.0. The smallest absolute Gasteiger partial charge is 0.264 e. The molecule has 2 aromatic rings. The standard InChI is InChI=1S/C13H17BrN4O2S/c1-2-6-18-9-11(7-10(18)8-15)21(19,20)17-13-12(14)4-3-5-16-13/h3-5,7,9H,2,6,8,15H2,1H3,(H,16,17). The SMILES string of the molecule is CCCn1cc(S(=O)(=O)Nc2ncccc2Br)cc1CN. The lowest BCUT2D eigenvalue weighted by molar-refractivity contribution is 0.599. The molecule has 0 aliphatic rings. The molecule has 0 bridgehead atoms. The van der Waals surface area contributed by atoms with Gasteiger partial charge in [0.25, 0.3) is 10.0 Å². The second-order valence-corrected chi connectivity index (χ2v) is 7.04. The number of nitrogens with zero attached hydrogens (tertiary/aromatic N) is 2. The molecule has 8 heteroatoms. The van der Waals surface area contributed by atoms with E-state index in [9.17, 15) is 8.42 Å². The number of aryl methyl sites for hydroxylation is 1. The van der Waals surface area contributed by atoms with Crippen molar-refractivity contribution in [1.29, 1.82) is 0 Å². The first-order chi connectivity index (χ1) is 9.97. The molecule has 0 aromatic carbocycles. The maximum absolute atomic E-state index is 12.4. The van der Waals surface area contributed by atoms with E-state index in [1.807, 2.05) is 11.5 Å². The number of aromatic nitrogens is 2. The first-order valence-corrected chi connectivity index (χ1v) is 8.78. The predicted octanol–water partition coefficient (Wildman–Crippen LogP) is 2.32. The third-order valence-corrected chi connectivity index (χ3v) is 4.88. The van der Waals surface area contributed by atoms with Gasteiger partial charge in [-0.1, -0.05) is 6.92 Å². The molecule has 21 heavy (non-hydrogen) atoms. The Hall–Kier alpha value is -1.38. The summed E-state index contributed by atoms with van der Waals surface area (Å²) < 4.78 is 29.7. The van der Waals surface area contributed by atoms with E-state index in [2.05, 4.69) is 25.6 Å². The van der Waals surface area contributed by atoms with Crippen LogP contribution in [0.4, 0.5) is 5.82 Å². The van der Waals surface area contributed by atoms with E-state index in [0.29, 0.717) is 11.0 Å². The molecule has 0 saturated heterocycles. The highest BCUT2D eigenvalue weighted by Gasteiger charge is 2.19. The van der Waals surface area contributed by atoms with Crippen LogP contribution >= 0.6 is 15.9 Å². The van der Waals surface area contributed by atoms with E-state index >= 15 is 0 Å². The van der Waals surface area contributed by atoms with Gasteiger partial charge >= 0.3 is 0 Å². The van der Waals surface area contributed by atoms with Crippen molar-refractivity contribution in [3.8, 4) is 0 Å².